The molecule has 1 amide bonds. The molecule has 1 heterocycles. The molecule has 0 saturated heterocycles. The molecule has 0 aromatic heterocycles. The van der Waals surface area contributed by atoms with Crippen molar-refractivity contribution < 1.29 is 14.7 Å². The van der Waals surface area contributed by atoms with Crippen LogP contribution in [0, 0.1) is 0 Å². The molecular formula is C15H20N2O3. The molecule has 2 rings (SSSR count). The third kappa shape index (κ3) is 3.17. The monoisotopic (exact) mass is 276 g/mol. The van der Waals surface area contributed by atoms with Crippen LogP contribution in [-0.2, 0) is 11.2 Å². The van der Waals surface area contributed by atoms with E-state index in [1.165, 1.54) is 0 Å². The van der Waals surface area contributed by atoms with Crippen LogP contribution >= 0.6 is 0 Å². The van der Waals surface area contributed by atoms with Crippen LogP contribution in [0.5, 0.6) is 0 Å². The van der Waals surface area contributed by atoms with E-state index in [1.54, 1.807) is 23.1 Å². The average Bonchev–Trinajstić information content (AvgIpc) is 2.80. The highest BCUT2D eigenvalue weighted by atomic mass is 16.4. The summed E-state index contributed by atoms with van der Waals surface area (Å²) in [6, 6.07) is 5.35. The Morgan fingerprint density at radius 2 is 2.15 bits per heavy atom. The van der Waals surface area contributed by atoms with Crippen LogP contribution in [0.4, 0.5) is 5.69 Å². The lowest BCUT2D eigenvalue weighted by Gasteiger charge is -2.18. The molecule has 2 N–H and O–H groups in total. The Labute approximate surface area is 118 Å². The van der Waals surface area contributed by atoms with Gasteiger partial charge in [-0.2, -0.15) is 0 Å². The summed E-state index contributed by atoms with van der Waals surface area (Å²) >= 11 is 0. The molecule has 0 saturated carbocycles. The number of fused-ring (bicyclic) bond motifs is 1. The molecule has 1 aliphatic heterocycles. The second-order valence-electron chi connectivity index (χ2n) is 5.30. The Bertz CT molecular complexity index is 526. The van der Waals surface area contributed by atoms with E-state index >= 15 is 0 Å². The summed E-state index contributed by atoms with van der Waals surface area (Å²) in [6.45, 7) is 5.35. The Hall–Kier alpha value is -1.88. The SMILES string of the molecule is CC(C)NCCC(=O)N1CCc2ccc(C(=O)O)cc21. The van der Waals surface area contributed by atoms with Gasteiger partial charge in [0.25, 0.3) is 0 Å². The van der Waals surface area contributed by atoms with Crippen LogP contribution in [0.2, 0.25) is 0 Å². The van der Waals surface area contributed by atoms with Gasteiger partial charge in [-0.05, 0) is 24.1 Å². The number of carbonyl (C=O) groups excluding carboxylic acids is 1. The molecule has 0 fully saturated rings. The first-order valence-electron chi connectivity index (χ1n) is 6.89. The van der Waals surface area contributed by atoms with E-state index < -0.39 is 5.97 Å². The molecule has 5 heteroatoms. The van der Waals surface area contributed by atoms with Crippen molar-refractivity contribution in [3.63, 3.8) is 0 Å². The van der Waals surface area contributed by atoms with Gasteiger partial charge in [-0.25, -0.2) is 4.79 Å². The van der Waals surface area contributed by atoms with Crippen molar-refractivity contribution in [2.24, 2.45) is 0 Å². The van der Waals surface area contributed by atoms with Crippen molar-refractivity contribution in [2.75, 3.05) is 18.0 Å². The van der Waals surface area contributed by atoms with Gasteiger partial charge in [-0.3, -0.25) is 4.79 Å². The molecule has 0 aliphatic carbocycles. The Morgan fingerprint density at radius 3 is 2.80 bits per heavy atom. The summed E-state index contributed by atoms with van der Waals surface area (Å²) in [5.74, 6) is -0.923. The molecule has 0 atom stereocenters. The first-order chi connectivity index (χ1) is 9.49. The summed E-state index contributed by atoms with van der Waals surface area (Å²) in [5, 5.41) is 12.2. The number of benzene rings is 1. The lowest BCUT2D eigenvalue weighted by Crippen LogP contribution is -2.33. The first-order valence-corrected chi connectivity index (χ1v) is 6.89. The summed E-state index contributed by atoms with van der Waals surface area (Å²) in [4.78, 5) is 24.9. The second kappa shape index (κ2) is 6.05. The Kier molecular flexibility index (Phi) is 4.39. The normalized spacial score (nSPS) is 13.7. The van der Waals surface area contributed by atoms with Crippen LogP contribution in [-0.4, -0.2) is 36.1 Å². The number of nitrogens with one attached hydrogen (secondary N) is 1. The van der Waals surface area contributed by atoms with Gasteiger partial charge >= 0.3 is 5.97 Å². The van der Waals surface area contributed by atoms with Gasteiger partial charge in [0, 0.05) is 31.2 Å². The van der Waals surface area contributed by atoms with Crippen molar-refractivity contribution >= 4 is 17.6 Å². The lowest BCUT2D eigenvalue weighted by atomic mass is 10.1. The average molecular weight is 276 g/mol. The van der Waals surface area contributed by atoms with Gasteiger partial charge in [-0.1, -0.05) is 19.9 Å². The van der Waals surface area contributed by atoms with E-state index in [0.29, 0.717) is 25.6 Å². The minimum atomic E-state index is -0.964. The van der Waals surface area contributed by atoms with E-state index in [1.807, 2.05) is 13.8 Å². The second-order valence-corrected chi connectivity index (χ2v) is 5.30. The number of carbonyl (C=O) groups is 2. The zero-order valence-electron chi connectivity index (χ0n) is 11.8. The number of nitrogens with zero attached hydrogens (tertiary/aromatic N) is 1. The summed E-state index contributed by atoms with van der Waals surface area (Å²) in [5.41, 5.74) is 2.02. The topological polar surface area (TPSA) is 69.6 Å². The standard InChI is InChI=1S/C15H20N2O3/c1-10(2)16-7-5-14(18)17-8-6-11-3-4-12(15(19)20)9-13(11)17/h3-4,9-10,16H,5-8H2,1-2H3,(H,19,20). The zero-order chi connectivity index (χ0) is 14.7. The van der Waals surface area contributed by atoms with Crippen molar-refractivity contribution in [1.29, 1.82) is 0 Å². The molecule has 108 valence electrons. The minimum absolute atomic E-state index is 0.0411. The minimum Gasteiger partial charge on any atom is -0.478 e. The molecule has 0 bridgehead atoms. The molecule has 1 aliphatic rings. The fraction of sp³-hybridized carbons (Fsp3) is 0.467. The van der Waals surface area contributed by atoms with Gasteiger partial charge < -0.3 is 15.3 Å². The van der Waals surface area contributed by atoms with Crippen molar-refractivity contribution in [2.45, 2.75) is 32.7 Å². The van der Waals surface area contributed by atoms with E-state index in [-0.39, 0.29) is 11.5 Å². The number of anilines is 1. The predicted molar refractivity (Wildman–Crippen MR) is 77.2 cm³/mol. The predicted octanol–water partition coefficient (Wildman–Crippen LogP) is 1.66. The maximum atomic E-state index is 12.2. The third-order valence-electron chi connectivity index (χ3n) is 3.42. The van der Waals surface area contributed by atoms with Crippen LogP contribution in [0.15, 0.2) is 18.2 Å². The van der Waals surface area contributed by atoms with Gasteiger partial charge in [0.05, 0.1) is 5.56 Å². The molecular weight excluding hydrogens is 256 g/mol. The van der Waals surface area contributed by atoms with E-state index in [0.717, 1.165) is 17.7 Å². The van der Waals surface area contributed by atoms with Gasteiger partial charge in [0.1, 0.15) is 0 Å². The van der Waals surface area contributed by atoms with Crippen LogP contribution in [0.1, 0.15) is 36.2 Å². The molecule has 0 unspecified atom stereocenters. The third-order valence-corrected chi connectivity index (χ3v) is 3.42. The first kappa shape index (κ1) is 14.5. The van der Waals surface area contributed by atoms with Gasteiger partial charge in [-0.15, -0.1) is 0 Å². The maximum Gasteiger partial charge on any atom is 0.335 e. The number of hydrogen-bond donors (Lipinski definition) is 2. The highest BCUT2D eigenvalue weighted by molar-refractivity contribution is 5.97. The molecule has 1 aromatic rings. The van der Waals surface area contributed by atoms with E-state index in [2.05, 4.69) is 5.32 Å². The summed E-state index contributed by atoms with van der Waals surface area (Å²) in [6.07, 6.45) is 1.22. The van der Waals surface area contributed by atoms with Crippen LogP contribution in [0.25, 0.3) is 0 Å². The molecule has 20 heavy (non-hydrogen) atoms. The number of amides is 1. The van der Waals surface area contributed by atoms with Crippen molar-refractivity contribution in [3.8, 4) is 0 Å². The number of aromatic carboxylic acids is 1. The highest BCUT2D eigenvalue weighted by Gasteiger charge is 2.25. The van der Waals surface area contributed by atoms with E-state index in [4.69, 9.17) is 5.11 Å². The highest BCUT2D eigenvalue weighted by Crippen LogP contribution is 2.29. The number of rotatable bonds is 5. The van der Waals surface area contributed by atoms with E-state index in [9.17, 15) is 9.59 Å². The largest absolute Gasteiger partial charge is 0.478 e. The maximum absolute atomic E-state index is 12.2. The molecule has 5 nitrogen and oxygen atoms in total. The van der Waals surface area contributed by atoms with Crippen molar-refractivity contribution in [1.82, 2.24) is 5.32 Å². The van der Waals surface area contributed by atoms with Gasteiger partial charge in [0.2, 0.25) is 5.91 Å². The summed E-state index contributed by atoms with van der Waals surface area (Å²) < 4.78 is 0. The lowest BCUT2D eigenvalue weighted by molar-refractivity contribution is -0.118. The number of carboxylic acid groups (broad SMARTS) is 1. The van der Waals surface area contributed by atoms with Crippen LogP contribution < -0.4 is 10.2 Å². The summed E-state index contributed by atoms with van der Waals surface area (Å²) in [7, 11) is 0. The quantitative estimate of drug-likeness (QED) is 0.858. The fourth-order valence-electron chi connectivity index (χ4n) is 2.37. The zero-order valence-corrected chi connectivity index (χ0v) is 11.8. The van der Waals surface area contributed by atoms with Crippen LogP contribution in [0.3, 0.4) is 0 Å². The Balaban J connectivity index is 2.08. The smallest absolute Gasteiger partial charge is 0.335 e. The molecule has 0 spiro atoms. The number of carboxylic acids is 1. The molecule has 0 radical (unpaired) electrons. The molecule has 1 aromatic carbocycles. The number of hydrogen-bond acceptors (Lipinski definition) is 3. The van der Waals surface area contributed by atoms with Crippen molar-refractivity contribution in [3.05, 3.63) is 29.3 Å². The fourth-order valence-corrected chi connectivity index (χ4v) is 2.37. The Morgan fingerprint density at radius 1 is 1.40 bits per heavy atom. The van der Waals surface area contributed by atoms with Gasteiger partial charge in [0.15, 0.2) is 0 Å².